The van der Waals surface area contributed by atoms with Gasteiger partial charge in [0.2, 0.25) is 5.88 Å². The third-order valence-corrected chi connectivity index (χ3v) is 8.93. The van der Waals surface area contributed by atoms with Crippen LogP contribution < -0.4 is 4.90 Å². The number of nitrogens with zero attached hydrogens (tertiary/aromatic N) is 4. The number of likely N-dealkylation sites (N-methyl/N-ethyl adjacent to an activating group) is 1. The van der Waals surface area contributed by atoms with E-state index in [2.05, 4.69) is 121 Å². The lowest BCUT2D eigenvalue weighted by molar-refractivity contribution is 0.579. The summed E-state index contributed by atoms with van der Waals surface area (Å²) >= 11 is 0. The van der Waals surface area contributed by atoms with Crippen LogP contribution in [0.15, 0.2) is 150 Å². The van der Waals surface area contributed by atoms with Crippen LogP contribution in [0.5, 0.6) is 0 Å². The van der Waals surface area contributed by atoms with Crippen molar-refractivity contribution < 1.29 is 4.42 Å². The predicted molar refractivity (Wildman–Crippen MR) is 187 cm³/mol. The minimum absolute atomic E-state index is 0.0836. The fraction of sp³-hybridized carbons (Fsp3) is 0.0488. The number of hydrogen-bond acceptors (Lipinski definition) is 5. The minimum Gasteiger partial charge on any atom is -0.440 e. The molecule has 0 amide bonds. The molecule has 9 rings (SSSR count). The van der Waals surface area contributed by atoms with E-state index in [-0.39, 0.29) is 6.04 Å². The van der Waals surface area contributed by atoms with Gasteiger partial charge in [0.1, 0.15) is 5.58 Å². The molecule has 0 N–H and O–H groups in total. The number of hydrogen-bond donors (Lipinski definition) is 0. The van der Waals surface area contributed by atoms with Crippen molar-refractivity contribution in [2.24, 2.45) is 0 Å². The molecule has 0 fully saturated rings. The molecule has 218 valence electrons. The third kappa shape index (κ3) is 4.36. The van der Waals surface area contributed by atoms with Crippen LogP contribution in [0, 0.1) is 0 Å². The van der Waals surface area contributed by atoms with Crippen LogP contribution in [-0.2, 0) is 0 Å². The molecule has 1 unspecified atom stereocenters. The molecular weight excluding hydrogens is 564 g/mol. The third-order valence-electron chi connectivity index (χ3n) is 8.93. The molecule has 1 atom stereocenters. The van der Waals surface area contributed by atoms with Crippen molar-refractivity contribution in [3.63, 3.8) is 0 Å². The van der Waals surface area contributed by atoms with Crippen LogP contribution in [0.3, 0.4) is 0 Å². The van der Waals surface area contributed by atoms with Gasteiger partial charge in [0.15, 0.2) is 17.5 Å². The highest BCUT2D eigenvalue weighted by atomic mass is 16.4. The molecule has 5 heteroatoms. The SMILES string of the molecule is CN1c2oc3cc4ccccc4cc3c2C(c2nc(-c3ccccc3)nc(-c3ccc4ccccc4c3)n2)=CC1c1ccccc1. The highest BCUT2D eigenvalue weighted by molar-refractivity contribution is 6.07. The Labute approximate surface area is 266 Å². The zero-order valence-corrected chi connectivity index (χ0v) is 25.1. The summed E-state index contributed by atoms with van der Waals surface area (Å²) in [4.78, 5) is 17.6. The first-order chi connectivity index (χ1) is 22.7. The Morgan fingerprint density at radius 2 is 1.13 bits per heavy atom. The number of aromatic nitrogens is 3. The van der Waals surface area contributed by atoms with Crippen molar-refractivity contribution in [2.45, 2.75) is 6.04 Å². The molecule has 0 saturated heterocycles. The Balaban J connectivity index is 1.32. The van der Waals surface area contributed by atoms with Crippen molar-refractivity contribution in [3.8, 4) is 22.8 Å². The van der Waals surface area contributed by atoms with E-state index < -0.39 is 0 Å². The van der Waals surface area contributed by atoms with Gasteiger partial charge in [-0.05, 0) is 51.4 Å². The van der Waals surface area contributed by atoms with Crippen molar-refractivity contribution >= 4 is 44.0 Å². The second kappa shape index (κ2) is 10.5. The van der Waals surface area contributed by atoms with Crippen molar-refractivity contribution in [1.82, 2.24) is 15.0 Å². The molecule has 0 radical (unpaired) electrons. The fourth-order valence-corrected chi connectivity index (χ4v) is 6.58. The minimum atomic E-state index is -0.0836. The van der Waals surface area contributed by atoms with Gasteiger partial charge in [-0.3, -0.25) is 0 Å². The second-order valence-electron chi connectivity index (χ2n) is 11.8. The molecule has 0 saturated carbocycles. The maximum absolute atomic E-state index is 6.71. The average Bonchev–Trinajstić information content (AvgIpc) is 3.50. The topological polar surface area (TPSA) is 55.1 Å². The van der Waals surface area contributed by atoms with Crippen molar-refractivity contribution in [1.29, 1.82) is 0 Å². The molecule has 0 bridgehead atoms. The largest absolute Gasteiger partial charge is 0.440 e. The van der Waals surface area contributed by atoms with E-state index >= 15 is 0 Å². The van der Waals surface area contributed by atoms with Gasteiger partial charge in [-0.1, -0.05) is 121 Å². The Morgan fingerprint density at radius 1 is 0.543 bits per heavy atom. The Hall–Kier alpha value is -6.07. The monoisotopic (exact) mass is 592 g/mol. The predicted octanol–water partition coefficient (Wildman–Crippen LogP) is 9.88. The molecule has 6 aromatic carbocycles. The fourth-order valence-electron chi connectivity index (χ4n) is 6.58. The highest BCUT2D eigenvalue weighted by Crippen LogP contribution is 2.47. The lowest BCUT2D eigenvalue weighted by Gasteiger charge is -2.31. The molecule has 0 aliphatic carbocycles. The summed E-state index contributed by atoms with van der Waals surface area (Å²) in [6.45, 7) is 0. The molecule has 2 aromatic heterocycles. The van der Waals surface area contributed by atoms with Gasteiger partial charge >= 0.3 is 0 Å². The van der Waals surface area contributed by atoms with Gasteiger partial charge in [0, 0.05) is 29.1 Å². The van der Waals surface area contributed by atoms with Crippen LogP contribution in [0.25, 0.3) is 60.9 Å². The summed E-state index contributed by atoms with van der Waals surface area (Å²) < 4.78 is 6.71. The molecule has 0 spiro atoms. The number of benzene rings is 6. The zero-order valence-electron chi connectivity index (χ0n) is 25.1. The number of anilines is 1. The highest BCUT2D eigenvalue weighted by Gasteiger charge is 2.33. The standard InChI is InChI=1S/C41H28N4O/c1-45-35(27-13-4-2-5-14-27)25-34(37-33-23-30-18-10-11-19-31(30)24-36(33)46-41(37)45)40-43-38(28-15-6-3-7-16-28)42-39(44-40)32-21-20-26-12-8-9-17-29(26)22-32/h2-25,35H,1H3. The molecule has 1 aliphatic heterocycles. The smallest absolute Gasteiger partial charge is 0.205 e. The van der Waals surface area contributed by atoms with E-state index in [1.54, 1.807) is 0 Å². The van der Waals surface area contributed by atoms with Crippen LogP contribution in [0.2, 0.25) is 0 Å². The maximum Gasteiger partial charge on any atom is 0.205 e. The van der Waals surface area contributed by atoms with Crippen LogP contribution >= 0.6 is 0 Å². The van der Waals surface area contributed by atoms with E-state index in [1.807, 2.05) is 36.4 Å². The normalized spacial score (nSPS) is 14.5. The maximum atomic E-state index is 6.71. The molecule has 8 aromatic rings. The average molecular weight is 593 g/mol. The first-order valence-corrected chi connectivity index (χ1v) is 15.5. The van der Waals surface area contributed by atoms with Gasteiger partial charge in [-0.15, -0.1) is 0 Å². The number of fused-ring (bicyclic) bond motifs is 5. The molecular formula is C41H28N4O. The molecule has 46 heavy (non-hydrogen) atoms. The van der Waals surface area contributed by atoms with Crippen LogP contribution in [0.1, 0.15) is 23.0 Å². The van der Waals surface area contributed by atoms with E-state index in [4.69, 9.17) is 19.4 Å². The summed E-state index contributed by atoms with van der Waals surface area (Å²) in [5.74, 6) is 2.67. The van der Waals surface area contributed by atoms with Gasteiger partial charge in [-0.25, -0.2) is 15.0 Å². The Morgan fingerprint density at radius 3 is 1.87 bits per heavy atom. The second-order valence-corrected chi connectivity index (χ2v) is 11.8. The first kappa shape index (κ1) is 26.3. The summed E-state index contributed by atoms with van der Waals surface area (Å²) in [7, 11) is 2.09. The number of furan rings is 1. The molecule has 1 aliphatic rings. The van der Waals surface area contributed by atoms with Crippen molar-refractivity contribution in [3.05, 3.63) is 163 Å². The van der Waals surface area contributed by atoms with E-state index in [0.29, 0.717) is 17.5 Å². The van der Waals surface area contributed by atoms with Crippen LogP contribution in [0.4, 0.5) is 5.88 Å². The zero-order chi connectivity index (χ0) is 30.6. The number of rotatable bonds is 4. The summed E-state index contributed by atoms with van der Waals surface area (Å²) in [5.41, 5.74) is 5.79. The van der Waals surface area contributed by atoms with Gasteiger partial charge in [0.25, 0.3) is 0 Å². The Bertz CT molecular complexity index is 2450. The van der Waals surface area contributed by atoms with Gasteiger partial charge < -0.3 is 9.32 Å². The first-order valence-electron chi connectivity index (χ1n) is 15.5. The van der Waals surface area contributed by atoms with E-state index in [1.165, 1.54) is 5.39 Å². The van der Waals surface area contributed by atoms with Crippen molar-refractivity contribution in [2.75, 3.05) is 11.9 Å². The summed E-state index contributed by atoms with van der Waals surface area (Å²) in [5, 5.41) is 5.64. The summed E-state index contributed by atoms with van der Waals surface area (Å²) in [6.07, 6.45) is 2.27. The quantitative estimate of drug-likeness (QED) is 0.204. The summed E-state index contributed by atoms with van der Waals surface area (Å²) in [6, 6.07) is 48.0. The molecule has 5 nitrogen and oxygen atoms in total. The van der Waals surface area contributed by atoms with Gasteiger partial charge in [-0.2, -0.15) is 0 Å². The van der Waals surface area contributed by atoms with E-state index in [9.17, 15) is 0 Å². The Kier molecular flexibility index (Phi) is 6.03. The van der Waals surface area contributed by atoms with Gasteiger partial charge in [0.05, 0.1) is 11.6 Å². The van der Waals surface area contributed by atoms with Crippen LogP contribution in [-0.4, -0.2) is 22.0 Å². The molecule has 3 heterocycles. The lowest BCUT2D eigenvalue weighted by atomic mass is 9.92. The lowest BCUT2D eigenvalue weighted by Crippen LogP contribution is -2.26. The van der Waals surface area contributed by atoms with E-state index in [0.717, 1.165) is 60.8 Å².